The lowest BCUT2D eigenvalue weighted by atomic mass is 10.1. The first-order chi connectivity index (χ1) is 10.4. The molecule has 22 heavy (non-hydrogen) atoms. The fourth-order valence-corrected chi connectivity index (χ4v) is 1.96. The van der Waals surface area contributed by atoms with Crippen LogP contribution in [0.25, 0.3) is 0 Å². The molecule has 0 fully saturated rings. The maximum Gasteiger partial charge on any atom is 0.326 e. The van der Waals surface area contributed by atoms with Gasteiger partial charge in [-0.3, -0.25) is 9.79 Å². The fraction of sp³-hybridized carbons (Fsp3) is 0.538. The van der Waals surface area contributed by atoms with Crippen LogP contribution in [0.3, 0.4) is 0 Å². The number of aliphatic carboxylic acids is 1. The second-order valence-electron chi connectivity index (χ2n) is 5.03. The van der Waals surface area contributed by atoms with Crippen molar-refractivity contribution in [3.63, 3.8) is 0 Å². The highest BCUT2D eigenvalue weighted by molar-refractivity contribution is 5.83. The minimum atomic E-state index is -1.09. The van der Waals surface area contributed by atoms with Gasteiger partial charge in [-0.2, -0.15) is 0 Å². The summed E-state index contributed by atoms with van der Waals surface area (Å²) < 4.78 is 0. The second kappa shape index (κ2) is 8.65. The molecule has 1 rings (SSSR count). The molecule has 2 atom stereocenters. The number of imidazole rings is 1. The van der Waals surface area contributed by atoms with E-state index in [2.05, 4.69) is 20.3 Å². The Bertz CT molecular complexity index is 510. The van der Waals surface area contributed by atoms with Crippen molar-refractivity contribution in [3.05, 3.63) is 18.2 Å². The Morgan fingerprint density at radius 1 is 1.50 bits per heavy atom. The molecule has 0 aromatic carbocycles. The Labute approximate surface area is 128 Å². The summed E-state index contributed by atoms with van der Waals surface area (Å²) in [5, 5.41) is 11.6. The number of aromatic nitrogens is 2. The van der Waals surface area contributed by atoms with Gasteiger partial charge in [0.2, 0.25) is 5.91 Å². The summed E-state index contributed by atoms with van der Waals surface area (Å²) in [6.07, 6.45) is 4.58. The SMILES string of the molecule is CC(CCCC(=O)N[C@@H](Cc1cnc[nH]1)C(=O)O)N=C(N)N. The number of aromatic amines is 1. The van der Waals surface area contributed by atoms with E-state index < -0.39 is 12.0 Å². The lowest BCUT2D eigenvalue weighted by molar-refractivity contribution is -0.141. The first kappa shape index (κ1) is 17.5. The zero-order valence-corrected chi connectivity index (χ0v) is 12.5. The highest BCUT2D eigenvalue weighted by atomic mass is 16.4. The number of carboxylic acids is 1. The second-order valence-corrected chi connectivity index (χ2v) is 5.03. The third kappa shape index (κ3) is 6.73. The molecule has 0 aliphatic carbocycles. The van der Waals surface area contributed by atoms with Crippen molar-refractivity contribution in [1.29, 1.82) is 0 Å². The summed E-state index contributed by atoms with van der Waals surface area (Å²) in [5.41, 5.74) is 11.2. The van der Waals surface area contributed by atoms with Gasteiger partial charge < -0.3 is 26.9 Å². The van der Waals surface area contributed by atoms with Crippen LogP contribution >= 0.6 is 0 Å². The fourth-order valence-electron chi connectivity index (χ4n) is 1.96. The van der Waals surface area contributed by atoms with Crippen LogP contribution in [-0.2, 0) is 16.0 Å². The van der Waals surface area contributed by atoms with Crippen molar-refractivity contribution in [1.82, 2.24) is 15.3 Å². The number of H-pyrrole nitrogens is 1. The van der Waals surface area contributed by atoms with E-state index in [1.165, 1.54) is 12.5 Å². The first-order valence-corrected chi connectivity index (χ1v) is 6.96. The molecule has 1 aromatic heterocycles. The molecule has 0 aliphatic heterocycles. The number of aliphatic imine (C=N–C) groups is 1. The predicted molar refractivity (Wildman–Crippen MR) is 81.0 cm³/mol. The van der Waals surface area contributed by atoms with E-state index in [0.717, 1.165) is 0 Å². The third-order valence-electron chi connectivity index (χ3n) is 3.01. The summed E-state index contributed by atoms with van der Waals surface area (Å²) in [5.74, 6) is -1.39. The Hall–Kier alpha value is -2.58. The van der Waals surface area contributed by atoms with Gasteiger partial charge in [-0.15, -0.1) is 0 Å². The van der Waals surface area contributed by atoms with Crippen LogP contribution in [0.5, 0.6) is 0 Å². The van der Waals surface area contributed by atoms with E-state index >= 15 is 0 Å². The molecule has 1 amide bonds. The Balaban J connectivity index is 2.37. The van der Waals surface area contributed by atoms with Crippen molar-refractivity contribution in [2.24, 2.45) is 16.5 Å². The Morgan fingerprint density at radius 2 is 2.23 bits per heavy atom. The van der Waals surface area contributed by atoms with Crippen LogP contribution < -0.4 is 16.8 Å². The molecule has 0 saturated carbocycles. The third-order valence-corrected chi connectivity index (χ3v) is 3.01. The molecule has 0 radical (unpaired) electrons. The number of nitrogens with zero attached hydrogens (tertiary/aromatic N) is 2. The molecule has 0 spiro atoms. The van der Waals surface area contributed by atoms with E-state index in [1.54, 1.807) is 0 Å². The van der Waals surface area contributed by atoms with E-state index in [0.29, 0.717) is 18.5 Å². The van der Waals surface area contributed by atoms with Gasteiger partial charge >= 0.3 is 5.97 Å². The monoisotopic (exact) mass is 310 g/mol. The van der Waals surface area contributed by atoms with Gasteiger partial charge in [0, 0.05) is 24.7 Å². The van der Waals surface area contributed by atoms with E-state index in [9.17, 15) is 9.59 Å². The molecule has 0 bridgehead atoms. The van der Waals surface area contributed by atoms with Gasteiger partial charge in [0.25, 0.3) is 0 Å². The highest BCUT2D eigenvalue weighted by Gasteiger charge is 2.20. The van der Waals surface area contributed by atoms with Crippen LogP contribution in [0, 0.1) is 0 Å². The molecule has 122 valence electrons. The number of carboxylic acid groups (broad SMARTS) is 1. The summed E-state index contributed by atoms with van der Waals surface area (Å²) in [7, 11) is 0. The van der Waals surface area contributed by atoms with Crippen molar-refractivity contribution in [2.75, 3.05) is 0 Å². The summed E-state index contributed by atoms with van der Waals surface area (Å²) in [6.45, 7) is 1.84. The summed E-state index contributed by atoms with van der Waals surface area (Å²) in [4.78, 5) is 33.5. The molecule has 1 heterocycles. The molecule has 0 saturated heterocycles. The number of amides is 1. The summed E-state index contributed by atoms with van der Waals surface area (Å²) in [6, 6.07) is -1.05. The average Bonchev–Trinajstić information content (AvgIpc) is 2.89. The van der Waals surface area contributed by atoms with Gasteiger partial charge in [0.1, 0.15) is 6.04 Å². The predicted octanol–water partition coefficient (Wildman–Crippen LogP) is -0.646. The zero-order valence-electron chi connectivity index (χ0n) is 12.5. The van der Waals surface area contributed by atoms with Crippen LogP contribution in [0.2, 0.25) is 0 Å². The lowest BCUT2D eigenvalue weighted by Gasteiger charge is -2.14. The van der Waals surface area contributed by atoms with E-state index in [4.69, 9.17) is 16.6 Å². The first-order valence-electron chi connectivity index (χ1n) is 6.96. The van der Waals surface area contributed by atoms with Gasteiger partial charge in [0.05, 0.1) is 12.4 Å². The minimum absolute atomic E-state index is 0.0162. The molecule has 9 heteroatoms. The normalized spacial score (nSPS) is 13.1. The van der Waals surface area contributed by atoms with Crippen LogP contribution in [-0.4, -0.2) is 45.0 Å². The number of nitrogens with one attached hydrogen (secondary N) is 2. The standard InChI is InChI=1S/C13H22N6O3/c1-8(18-13(14)15)3-2-4-11(20)19-10(12(21)22)5-9-6-16-7-17-9/h6-8,10H,2-5H2,1H3,(H,16,17)(H,19,20)(H,21,22)(H4,14,15,18)/t8?,10-/m0/s1. The largest absolute Gasteiger partial charge is 0.480 e. The van der Waals surface area contributed by atoms with Gasteiger partial charge in [-0.05, 0) is 19.8 Å². The topological polar surface area (TPSA) is 159 Å². The molecule has 1 unspecified atom stereocenters. The Kier molecular flexibility index (Phi) is 6.87. The molecule has 1 aromatic rings. The van der Waals surface area contributed by atoms with Crippen molar-refractivity contribution in [3.8, 4) is 0 Å². The highest BCUT2D eigenvalue weighted by Crippen LogP contribution is 2.05. The lowest BCUT2D eigenvalue weighted by Crippen LogP contribution is -2.42. The zero-order chi connectivity index (χ0) is 16.5. The molecule has 9 nitrogen and oxygen atoms in total. The number of nitrogens with two attached hydrogens (primary N) is 2. The maximum absolute atomic E-state index is 11.8. The van der Waals surface area contributed by atoms with Crippen LogP contribution in [0.15, 0.2) is 17.5 Å². The van der Waals surface area contributed by atoms with Gasteiger partial charge in [0.15, 0.2) is 5.96 Å². The maximum atomic E-state index is 11.8. The Morgan fingerprint density at radius 3 is 2.77 bits per heavy atom. The quantitative estimate of drug-likeness (QED) is 0.301. The summed E-state index contributed by atoms with van der Waals surface area (Å²) >= 11 is 0. The molecule has 0 aliphatic rings. The smallest absolute Gasteiger partial charge is 0.326 e. The number of guanidine groups is 1. The van der Waals surface area contributed by atoms with Gasteiger partial charge in [-0.25, -0.2) is 9.78 Å². The molecule has 7 N–H and O–H groups in total. The van der Waals surface area contributed by atoms with Crippen molar-refractivity contribution >= 4 is 17.8 Å². The number of carbonyl (C=O) groups excluding carboxylic acids is 1. The van der Waals surface area contributed by atoms with Crippen molar-refractivity contribution in [2.45, 2.75) is 44.7 Å². The number of rotatable bonds is 9. The average molecular weight is 310 g/mol. The number of hydrogen-bond donors (Lipinski definition) is 5. The van der Waals surface area contributed by atoms with Gasteiger partial charge in [-0.1, -0.05) is 0 Å². The number of carbonyl (C=O) groups is 2. The minimum Gasteiger partial charge on any atom is -0.480 e. The molecular weight excluding hydrogens is 288 g/mol. The van der Waals surface area contributed by atoms with Crippen LogP contribution in [0.4, 0.5) is 0 Å². The van der Waals surface area contributed by atoms with Crippen molar-refractivity contribution < 1.29 is 14.7 Å². The van der Waals surface area contributed by atoms with Crippen LogP contribution in [0.1, 0.15) is 31.9 Å². The van der Waals surface area contributed by atoms with E-state index in [1.807, 2.05) is 6.92 Å². The number of hydrogen-bond acceptors (Lipinski definition) is 4. The molecular formula is C13H22N6O3. The van der Waals surface area contributed by atoms with E-state index in [-0.39, 0.29) is 30.8 Å².